The van der Waals surface area contributed by atoms with Crippen molar-refractivity contribution >= 4 is 11.4 Å². The fourth-order valence-corrected chi connectivity index (χ4v) is 1.75. The Morgan fingerprint density at radius 3 is 1.78 bits per heavy atom. The topological polar surface area (TPSA) is 24.5 Å². The van der Waals surface area contributed by atoms with E-state index in [1.165, 1.54) is 24.2 Å². The van der Waals surface area contributed by atoms with Gasteiger partial charge in [-0.3, -0.25) is 0 Å². The van der Waals surface area contributed by atoms with Crippen LogP contribution >= 0.6 is 0 Å². The number of nitrogens with one attached hydrogen (secondary N) is 1. The van der Waals surface area contributed by atoms with Crippen molar-refractivity contribution in [2.75, 3.05) is 44.6 Å². The molecule has 0 unspecified atom stereocenters. The lowest BCUT2D eigenvalue weighted by Crippen LogP contribution is -2.24. The van der Waals surface area contributed by atoms with E-state index >= 15 is 0 Å². The van der Waals surface area contributed by atoms with Crippen LogP contribution < -0.4 is 10.2 Å². The molecule has 0 radical (unpaired) electrons. The lowest BCUT2D eigenvalue weighted by Gasteiger charge is -2.23. The van der Waals surface area contributed by atoms with Gasteiger partial charge in [0.15, 0.2) is 0 Å². The molecule has 0 saturated heterocycles. The third-order valence-corrected chi connectivity index (χ3v) is 2.51. The Hall–Kier alpha value is -1.22. The van der Waals surface area contributed by atoms with Gasteiger partial charge in [0.25, 0.3) is 0 Å². The summed E-state index contributed by atoms with van der Waals surface area (Å²) in [5.74, 6) is 0. The first-order valence-electron chi connectivity index (χ1n) is 6.66. The van der Waals surface area contributed by atoms with Crippen LogP contribution in [0.2, 0.25) is 0 Å². The van der Waals surface area contributed by atoms with Crippen LogP contribution in [0.4, 0.5) is 11.4 Å². The minimum atomic E-state index is 1.15. The van der Waals surface area contributed by atoms with E-state index in [4.69, 9.17) is 0 Å². The van der Waals surface area contributed by atoms with E-state index in [0.717, 1.165) is 13.1 Å². The summed E-state index contributed by atoms with van der Waals surface area (Å²) in [5.41, 5.74) is 2.50. The fourth-order valence-electron chi connectivity index (χ4n) is 1.75. The molecule has 0 aliphatic heterocycles. The normalized spacial score (nSPS) is 9.39. The fraction of sp³-hybridized carbons (Fsp3) is 0.600. The second-order valence-electron chi connectivity index (χ2n) is 4.19. The molecule has 0 amide bonds. The zero-order valence-corrected chi connectivity index (χ0v) is 12.5. The summed E-state index contributed by atoms with van der Waals surface area (Å²) >= 11 is 0. The summed E-state index contributed by atoms with van der Waals surface area (Å²) in [7, 11) is 5.20. The smallest absolute Gasteiger partial charge is 0.0367 e. The van der Waals surface area contributed by atoms with Gasteiger partial charge in [0, 0.05) is 45.7 Å². The van der Waals surface area contributed by atoms with E-state index in [-0.39, 0.29) is 0 Å². The third kappa shape index (κ3) is 6.50. The molecule has 0 heterocycles. The van der Waals surface area contributed by atoms with Gasteiger partial charge in [-0.15, -0.1) is 0 Å². The highest BCUT2D eigenvalue weighted by atomic mass is 16.4. The maximum atomic E-state index is 4.25. The molecule has 0 aliphatic rings. The molecule has 1 N–H and O–H groups in total. The van der Waals surface area contributed by atoms with Gasteiger partial charge in [0.05, 0.1) is 0 Å². The number of hydrogen-bond donors (Lipinski definition) is 1. The Balaban J connectivity index is 0.000000873. The van der Waals surface area contributed by atoms with E-state index in [9.17, 15) is 0 Å². The van der Waals surface area contributed by atoms with E-state index < -0.39 is 0 Å². The largest absolute Gasteiger partial charge is 0.388 e. The van der Waals surface area contributed by atoms with Crippen molar-refractivity contribution in [3.63, 3.8) is 0 Å². The average molecular weight is 252 g/mol. The number of nitrogens with zero attached hydrogens (tertiary/aromatic N) is 1. The number of methoxy groups -OCH3 is 1. The molecule has 104 valence electrons. The Morgan fingerprint density at radius 1 is 1.00 bits per heavy atom. The highest BCUT2D eigenvalue weighted by Crippen LogP contribution is 2.18. The van der Waals surface area contributed by atoms with Gasteiger partial charge in [-0.05, 0) is 37.1 Å². The van der Waals surface area contributed by atoms with Crippen LogP contribution in [-0.4, -0.2) is 34.4 Å². The molecule has 0 bridgehead atoms. The summed E-state index contributed by atoms with van der Waals surface area (Å²) in [4.78, 5) is 2.44. The van der Waals surface area contributed by atoms with E-state index in [0.29, 0.717) is 0 Å². The number of hydrogen-bond acceptors (Lipinski definition) is 3. The van der Waals surface area contributed by atoms with Gasteiger partial charge >= 0.3 is 0 Å². The van der Waals surface area contributed by atoms with Crippen LogP contribution in [0.1, 0.15) is 26.7 Å². The molecule has 0 atom stereocenters. The molecular weight excluding hydrogens is 224 g/mol. The quantitative estimate of drug-likeness (QED) is 0.837. The average Bonchev–Trinajstić information content (AvgIpc) is 2.40. The van der Waals surface area contributed by atoms with Crippen LogP contribution in [-0.2, 0) is 4.74 Å². The van der Waals surface area contributed by atoms with Crippen molar-refractivity contribution in [3.8, 4) is 0 Å². The van der Waals surface area contributed by atoms with Crippen molar-refractivity contribution in [2.24, 2.45) is 0 Å². The third-order valence-electron chi connectivity index (χ3n) is 2.51. The molecule has 18 heavy (non-hydrogen) atoms. The van der Waals surface area contributed by atoms with Crippen LogP contribution in [0.25, 0.3) is 0 Å². The summed E-state index contributed by atoms with van der Waals surface area (Å²) in [6.45, 7) is 6.74. The molecule has 0 aliphatic carbocycles. The number of anilines is 2. The molecule has 1 rings (SSSR count). The van der Waals surface area contributed by atoms with E-state index in [2.05, 4.69) is 53.1 Å². The molecule has 0 saturated carbocycles. The van der Waals surface area contributed by atoms with Gasteiger partial charge < -0.3 is 15.0 Å². The van der Waals surface area contributed by atoms with E-state index in [1.807, 2.05) is 7.05 Å². The standard InChI is InChI=1S/C13H22N2.C2H6O/c1-4-10-15(11-5-2)13-8-6-12(14-3)7-9-13;1-3-2/h6-9,14H,4-5,10-11H2,1-3H3;1-2H3. The van der Waals surface area contributed by atoms with Crippen LogP contribution in [0.15, 0.2) is 24.3 Å². The first-order chi connectivity index (χ1) is 8.73. The maximum absolute atomic E-state index is 4.25. The van der Waals surface area contributed by atoms with Crippen LogP contribution in [0.3, 0.4) is 0 Å². The van der Waals surface area contributed by atoms with Crippen molar-refractivity contribution in [1.29, 1.82) is 0 Å². The Labute approximate surface area is 112 Å². The minimum Gasteiger partial charge on any atom is -0.388 e. The predicted molar refractivity (Wildman–Crippen MR) is 81.7 cm³/mol. The molecule has 3 heteroatoms. The molecule has 0 spiro atoms. The zero-order valence-electron chi connectivity index (χ0n) is 12.5. The summed E-state index contributed by atoms with van der Waals surface area (Å²) in [6.07, 6.45) is 2.40. The first-order valence-corrected chi connectivity index (χ1v) is 6.66. The second-order valence-corrected chi connectivity index (χ2v) is 4.19. The number of rotatable bonds is 6. The van der Waals surface area contributed by atoms with Gasteiger partial charge in [-0.25, -0.2) is 0 Å². The molecule has 1 aromatic rings. The predicted octanol–water partition coefficient (Wildman–Crippen LogP) is 3.62. The summed E-state index contributed by atoms with van der Waals surface area (Å²) in [6, 6.07) is 8.65. The minimum absolute atomic E-state index is 1.15. The second kappa shape index (κ2) is 10.9. The van der Waals surface area contributed by atoms with Crippen LogP contribution in [0, 0.1) is 0 Å². The SMILES string of the molecule is CCCN(CCC)c1ccc(NC)cc1.COC. The lowest BCUT2D eigenvalue weighted by molar-refractivity contribution is 0.277. The molecule has 3 nitrogen and oxygen atoms in total. The lowest BCUT2D eigenvalue weighted by atomic mass is 10.2. The monoisotopic (exact) mass is 252 g/mol. The van der Waals surface area contributed by atoms with Crippen LogP contribution in [0.5, 0.6) is 0 Å². The van der Waals surface area contributed by atoms with Crippen molar-refractivity contribution < 1.29 is 4.74 Å². The van der Waals surface area contributed by atoms with Gasteiger partial charge in [-0.2, -0.15) is 0 Å². The molecule has 1 aromatic carbocycles. The highest BCUT2D eigenvalue weighted by Gasteiger charge is 2.03. The molecular formula is C15H28N2O. The van der Waals surface area contributed by atoms with E-state index in [1.54, 1.807) is 14.2 Å². The van der Waals surface area contributed by atoms with Gasteiger partial charge in [0.1, 0.15) is 0 Å². The molecule has 0 aromatic heterocycles. The Morgan fingerprint density at radius 2 is 1.44 bits per heavy atom. The Bertz CT molecular complexity index is 279. The van der Waals surface area contributed by atoms with Gasteiger partial charge in [-0.1, -0.05) is 13.8 Å². The first kappa shape index (κ1) is 16.8. The van der Waals surface area contributed by atoms with Crippen molar-refractivity contribution in [1.82, 2.24) is 0 Å². The van der Waals surface area contributed by atoms with Gasteiger partial charge in [0.2, 0.25) is 0 Å². The van der Waals surface area contributed by atoms with Crippen molar-refractivity contribution in [2.45, 2.75) is 26.7 Å². The summed E-state index contributed by atoms with van der Waals surface area (Å²) < 4.78 is 4.25. The zero-order chi connectivity index (χ0) is 13.8. The Kier molecular flexibility index (Phi) is 10.2. The number of ether oxygens (including phenoxy) is 1. The number of benzene rings is 1. The van der Waals surface area contributed by atoms with Crippen molar-refractivity contribution in [3.05, 3.63) is 24.3 Å². The molecule has 0 fully saturated rings. The maximum Gasteiger partial charge on any atom is 0.0367 e. The summed E-state index contributed by atoms with van der Waals surface area (Å²) in [5, 5.41) is 3.14. The highest BCUT2D eigenvalue weighted by molar-refractivity contribution is 5.54.